The molecule has 0 aromatic heterocycles. The topological polar surface area (TPSA) is 52.7 Å². The predicted octanol–water partition coefficient (Wildman–Crippen LogP) is 4.45. The van der Waals surface area contributed by atoms with Gasteiger partial charge >= 0.3 is 6.03 Å². The van der Waals surface area contributed by atoms with Crippen molar-refractivity contribution < 1.29 is 9.59 Å². The molecule has 2 fully saturated rings. The Kier molecular flexibility index (Phi) is 7.44. The van der Waals surface area contributed by atoms with Crippen LogP contribution in [0.4, 0.5) is 10.5 Å². The lowest BCUT2D eigenvalue weighted by molar-refractivity contribution is -0.131. The molecule has 1 saturated heterocycles. The number of hydrogen-bond acceptors (Lipinski definition) is 3. The smallest absolute Gasteiger partial charge is 0.321 e. The highest BCUT2D eigenvalue weighted by atomic mass is 32.2. The maximum Gasteiger partial charge on any atom is 0.321 e. The second kappa shape index (κ2) is 10.0. The zero-order chi connectivity index (χ0) is 19.1. The van der Waals surface area contributed by atoms with Crippen molar-refractivity contribution in [2.75, 3.05) is 37.8 Å². The van der Waals surface area contributed by atoms with Crippen LogP contribution in [0.1, 0.15) is 44.9 Å². The van der Waals surface area contributed by atoms with Gasteiger partial charge in [-0.1, -0.05) is 25.7 Å². The molecule has 0 bridgehead atoms. The molecule has 1 heterocycles. The zero-order valence-corrected chi connectivity index (χ0v) is 17.1. The summed E-state index contributed by atoms with van der Waals surface area (Å²) in [6.45, 7) is 2.70. The molecule has 1 N–H and O–H groups in total. The van der Waals surface area contributed by atoms with Crippen molar-refractivity contribution in [3.05, 3.63) is 24.3 Å². The normalized spacial score (nSPS) is 18.4. The van der Waals surface area contributed by atoms with Crippen LogP contribution in [0.2, 0.25) is 0 Å². The maximum atomic E-state index is 12.6. The van der Waals surface area contributed by atoms with Gasteiger partial charge in [-0.15, -0.1) is 11.8 Å². The minimum atomic E-state index is -0.0767. The second-order valence-electron chi connectivity index (χ2n) is 7.57. The zero-order valence-electron chi connectivity index (χ0n) is 16.3. The number of rotatable bonds is 5. The lowest BCUT2D eigenvalue weighted by Gasteiger charge is -2.23. The van der Waals surface area contributed by atoms with Gasteiger partial charge in [0.05, 0.1) is 0 Å². The molecule has 2 aliphatic rings. The van der Waals surface area contributed by atoms with Crippen LogP contribution in [0.25, 0.3) is 0 Å². The number of amides is 3. The first-order valence-corrected chi connectivity index (χ1v) is 11.4. The van der Waals surface area contributed by atoms with Gasteiger partial charge in [-0.05, 0) is 49.3 Å². The van der Waals surface area contributed by atoms with Crippen molar-refractivity contribution >= 4 is 29.4 Å². The third-order valence-electron chi connectivity index (χ3n) is 5.72. The highest BCUT2D eigenvalue weighted by Crippen LogP contribution is 2.28. The molecule has 1 aromatic rings. The van der Waals surface area contributed by atoms with Crippen molar-refractivity contribution in [1.82, 2.24) is 9.80 Å². The first kappa shape index (κ1) is 20.1. The molecule has 0 unspecified atom stereocenters. The quantitative estimate of drug-likeness (QED) is 0.757. The molecule has 1 aromatic carbocycles. The Bertz CT molecular complexity index is 629. The number of nitrogens with one attached hydrogen (secondary N) is 1. The standard InChI is InChI=1S/C21H31N3O2S/c1-27-19-10-8-18(9-11-19)22-21(26)24-14-4-13-23(15-16-24)20(25)12-7-17-5-2-3-6-17/h8-11,17H,2-7,12-16H2,1H3,(H,22,26). The van der Waals surface area contributed by atoms with Crippen molar-refractivity contribution in [3.63, 3.8) is 0 Å². The van der Waals surface area contributed by atoms with Gasteiger partial charge in [-0.2, -0.15) is 0 Å². The third-order valence-corrected chi connectivity index (χ3v) is 6.46. The monoisotopic (exact) mass is 389 g/mol. The summed E-state index contributed by atoms with van der Waals surface area (Å²) in [4.78, 5) is 30.1. The summed E-state index contributed by atoms with van der Waals surface area (Å²) in [5.74, 6) is 1.01. The van der Waals surface area contributed by atoms with E-state index in [-0.39, 0.29) is 11.9 Å². The Morgan fingerprint density at radius 2 is 1.67 bits per heavy atom. The van der Waals surface area contributed by atoms with Crippen LogP contribution in [-0.2, 0) is 4.79 Å². The summed E-state index contributed by atoms with van der Waals surface area (Å²) in [5.41, 5.74) is 0.812. The number of benzene rings is 1. The molecular formula is C21H31N3O2S. The number of hydrogen-bond donors (Lipinski definition) is 1. The first-order valence-electron chi connectivity index (χ1n) is 10.1. The molecule has 0 spiro atoms. The Morgan fingerprint density at radius 3 is 2.37 bits per heavy atom. The number of thioether (sulfide) groups is 1. The van der Waals surface area contributed by atoms with E-state index in [1.165, 1.54) is 30.6 Å². The van der Waals surface area contributed by atoms with Crippen LogP contribution in [0.5, 0.6) is 0 Å². The average molecular weight is 390 g/mol. The molecule has 3 amide bonds. The van der Waals surface area contributed by atoms with Gasteiger partial charge in [0.1, 0.15) is 0 Å². The number of nitrogens with zero attached hydrogens (tertiary/aromatic N) is 2. The molecule has 1 aliphatic heterocycles. The second-order valence-corrected chi connectivity index (χ2v) is 8.45. The predicted molar refractivity (Wildman–Crippen MR) is 111 cm³/mol. The Labute approximate surface area is 166 Å². The van der Waals surface area contributed by atoms with Crippen LogP contribution in [-0.4, -0.2) is 54.2 Å². The highest BCUT2D eigenvalue weighted by Gasteiger charge is 2.23. The van der Waals surface area contributed by atoms with E-state index in [9.17, 15) is 9.59 Å². The Morgan fingerprint density at radius 1 is 1.00 bits per heavy atom. The molecule has 3 rings (SSSR count). The fourth-order valence-electron chi connectivity index (χ4n) is 4.03. The Balaban J connectivity index is 1.45. The van der Waals surface area contributed by atoms with Crippen molar-refractivity contribution in [1.29, 1.82) is 0 Å². The van der Waals surface area contributed by atoms with Crippen LogP contribution in [0.3, 0.4) is 0 Å². The molecule has 5 nitrogen and oxygen atoms in total. The minimum absolute atomic E-state index is 0.0767. The number of anilines is 1. The summed E-state index contributed by atoms with van der Waals surface area (Å²) in [7, 11) is 0. The fraction of sp³-hybridized carbons (Fsp3) is 0.619. The van der Waals surface area contributed by atoms with Crippen molar-refractivity contribution in [3.8, 4) is 0 Å². The molecule has 1 aliphatic carbocycles. The summed E-state index contributed by atoms with van der Waals surface area (Å²) >= 11 is 1.68. The van der Waals surface area contributed by atoms with Gasteiger partial charge in [-0.25, -0.2) is 4.79 Å². The summed E-state index contributed by atoms with van der Waals surface area (Å²) in [6, 6.07) is 7.80. The molecular weight excluding hydrogens is 358 g/mol. The largest absolute Gasteiger partial charge is 0.341 e. The molecule has 0 radical (unpaired) electrons. The highest BCUT2D eigenvalue weighted by molar-refractivity contribution is 7.98. The van der Waals surface area contributed by atoms with Gasteiger partial charge in [0.2, 0.25) is 5.91 Å². The van der Waals surface area contributed by atoms with Gasteiger partial charge in [0.15, 0.2) is 0 Å². The minimum Gasteiger partial charge on any atom is -0.341 e. The fourth-order valence-corrected chi connectivity index (χ4v) is 4.44. The van der Waals surface area contributed by atoms with Gasteiger partial charge in [0.25, 0.3) is 0 Å². The molecule has 0 atom stereocenters. The van der Waals surface area contributed by atoms with E-state index in [2.05, 4.69) is 5.32 Å². The molecule has 1 saturated carbocycles. The number of carbonyl (C=O) groups is 2. The summed E-state index contributed by atoms with van der Waals surface area (Å²) in [5, 5.41) is 2.97. The van der Waals surface area contributed by atoms with Gasteiger partial charge < -0.3 is 15.1 Å². The van der Waals surface area contributed by atoms with Gasteiger partial charge in [0, 0.05) is 43.2 Å². The van der Waals surface area contributed by atoms with E-state index in [1.807, 2.05) is 40.3 Å². The van der Waals surface area contributed by atoms with E-state index in [4.69, 9.17) is 0 Å². The molecule has 148 valence electrons. The van der Waals surface area contributed by atoms with Crippen LogP contribution in [0.15, 0.2) is 29.2 Å². The van der Waals surface area contributed by atoms with E-state index in [0.29, 0.717) is 26.1 Å². The van der Waals surface area contributed by atoms with Crippen LogP contribution >= 0.6 is 11.8 Å². The average Bonchev–Trinajstić information content (AvgIpc) is 3.09. The Hall–Kier alpha value is -1.69. The first-order chi connectivity index (χ1) is 13.2. The van der Waals surface area contributed by atoms with Gasteiger partial charge in [-0.3, -0.25) is 4.79 Å². The van der Waals surface area contributed by atoms with E-state index < -0.39 is 0 Å². The number of carbonyl (C=O) groups excluding carboxylic acids is 2. The third kappa shape index (κ3) is 5.89. The lowest BCUT2D eigenvalue weighted by atomic mass is 10.0. The summed E-state index contributed by atoms with van der Waals surface area (Å²) in [6.07, 6.45) is 9.81. The van der Waals surface area contributed by atoms with Crippen LogP contribution in [0, 0.1) is 5.92 Å². The molecule has 27 heavy (non-hydrogen) atoms. The lowest BCUT2D eigenvalue weighted by Crippen LogP contribution is -2.39. The van der Waals surface area contributed by atoms with Crippen molar-refractivity contribution in [2.24, 2.45) is 5.92 Å². The van der Waals surface area contributed by atoms with E-state index >= 15 is 0 Å². The summed E-state index contributed by atoms with van der Waals surface area (Å²) < 4.78 is 0. The molecule has 6 heteroatoms. The van der Waals surface area contributed by atoms with E-state index in [0.717, 1.165) is 31.0 Å². The SMILES string of the molecule is CSc1ccc(NC(=O)N2CCCN(C(=O)CCC3CCCC3)CC2)cc1. The van der Waals surface area contributed by atoms with E-state index in [1.54, 1.807) is 11.8 Å². The van der Waals surface area contributed by atoms with Crippen LogP contribution < -0.4 is 5.32 Å². The van der Waals surface area contributed by atoms with Crippen molar-refractivity contribution in [2.45, 2.75) is 49.8 Å². The maximum absolute atomic E-state index is 12.6. The number of urea groups is 1.